The molecule has 0 N–H and O–H groups in total. The second kappa shape index (κ2) is 14.6. The van der Waals surface area contributed by atoms with E-state index in [2.05, 4.69) is 6.92 Å². The first kappa shape index (κ1) is 30.2. The van der Waals surface area contributed by atoms with E-state index in [0.717, 1.165) is 38.5 Å². The summed E-state index contributed by atoms with van der Waals surface area (Å²) >= 11 is 0. The van der Waals surface area contributed by atoms with Crippen molar-refractivity contribution in [1.29, 1.82) is 0 Å². The largest absolute Gasteiger partial charge is 0.327 e. The molecule has 8 heteroatoms. The Hall–Kier alpha value is -2.03. The number of unbranched alkanes of at least 4 members (excludes halogenated alkanes) is 5. The molecule has 0 saturated heterocycles. The van der Waals surface area contributed by atoms with Crippen molar-refractivity contribution in [1.82, 2.24) is 0 Å². The molecule has 0 aromatic heterocycles. The minimum Gasteiger partial charge on any atom is -0.327 e. The van der Waals surface area contributed by atoms with E-state index in [9.17, 15) is 22.0 Å². The maximum atomic E-state index is 14.6. The Balaban J connectivity index is 2.55. The molecule has 2 rings (SSSR count). The Labute approximate surface area is 210 Å². The van der Waals surface area contributed by atoms with E-state index in [0.29, 0.717) is 12.0 Å². The Bertz CT molecular complexity index is 920. The highest BCUT2D eigenvalue weighted by molar-refractivity contribution is 5.66. The Morgan fingerprint density at radius 2 is 1.17 bits per heavy atom. The van der Waals surface area contributed by atoms with E-state index in [-0.39, 0.29) is 25.4 Å². The lowest BCUT2D eigenvalue weighted by atomic mass is 9.88. The zero-order chi connectivity index (χ0) is 26.7. The third kappa shape index (κ3) is 7.05. The first-order chi connectivity index (χ1) is 17.3. The molecule has 3 nitrogen and oxygen atoms in total. The molecule has 1 atom stereocenters. The number of hydrogen-bond acceptors (Lipinski definition) is 3. The summed E-state index contributed by atoms with van der Waals surface area (Å²) in [5.41, 5.74) is -0.548. The first-order valence-electron chi connectivity index (χ1n) is 12.8. The van der Waals surface area contributed by atoms with E-state index < -0.39 is 46.5 Å². The van der Waals surface area contributed by atoms with Crippen molar-refractivity contribution in [3.63, 3.8) is 0 Å². The van der Waals surface area contributed by atoms with Crippen LogP contribution >= 0.6 is 0 Å². The molecule has 36 heavy (non-hydrogen) atoms. The topological polar surface area (TPSA) is 27.7 Å². The second-order valence-corrected chi connectivity index (χ2v) is 8.58. The van der Waals surface area contributed by atoms with Crippen LogP contribution in [0.1, 0.15) is 84.1 Å². The fraction of sp³-hybridized carbons (Fsp3) is 0.571. The molecule has 0 heterocycles. The average molecular weight is 517 g/mol. The van der Waals surface area contributed by atoms with Gasteiger partial charge in [-0.3, -0.25) is 0 Å². The van der Waals surface area contributed by atoms with Gasteiger partial charge in [-0.1, -0.05) is 69.7 Å². The quantitative estimate of drug-likeness (QED) is 0.0735. The third-order valence-corrected chi connectivity index (χ3v) is 6.10. The van der Waals surface area contributed by atoms with Crippen molar-refractivity contribution in [2.24, 2.45) is 0 Å². The molecule has 1 unspecified atom stereocenters. The minimum absolute atomic E-state index is 0.133. The van der Waals surface area contributed by atoms with Crippen LogP contribution in [-0.4, -0.2) is 25.8 Å². The molecule has 0 aliphatic carbocycles. The van der Waals surface area contributed by atoms with Crippen molar-refractivity contribution in [2.75, 3.05) is 19.8 Å². The van der Waals surface area contributed by atoms with Crippen LogP contribution in [0.2, 0.25) is 0 Å². The lowest BCUT2D eigenvalue weighted by Crippen LogP contribution is -2.45. The predicted molar refractivity (Wildman–Crippen MR) is 130 cm³/mol. The van der Waals surface area contributed by atoms with Gasteiger partial charge in [-0.25, -0.2) is 22.0 Å². The Morgan fingerprint density at radius 3 is 1.69 bits per heavy atom. The zero-order valence-corrected chi connectivity index (χ0v) is 21.6. The van der Waals surface area contributed by atoms with E-state index in [4.69, 9.17) is 14.2 Å². The summed E-state index contributed by atoms with van der Waals surface area (Å²) < 4.78 is 88.6. The van der Waals surface area contributed by atoms with E-state index >= 15 is 0 Å². The smallest absolute Gasteiger partial charge is 0.290 e. The third-order valence-electron chi connectivity index (χ3n) is 6.10. The van der Waals surface area contributed by atoms with Crippen LogP contribution in [0.4, 0.5) is 22.0 Å². The van der Waals surface area contributed by atoms with Crippen molar-refractivity contribution >= 4 is 0 Å². The van der Waals surface area contributed by atoms with Gasteiger partial charge in [-0.2, -0.15) is 0 Å². The molecule has 0 spiro atoms. The van der Waals surface area contributed by atoms with Crippen LogP contribution in [0.25, 0.3) is 11.1 Å². The predicted octanol–water partition coefficient (Wildman–Crippen LogP) is 8.65. The highest BCUT2D eigenvalue weighted by Crippen LogP contribution is 2.41. The number of benzene rings is 2. The van der Waals surface area contributed by atoms with Gasteiger partial charge in [0.25, 0.3) is 5.97 Å². The molecule has 0 fully saturated rings. The SMILES string of the molecule is CCCCCCCCC(c1cccc(-c2c(F)c(F)c(F)c(F)c2F)c1)C(OCC)(OCC)OCC. The maximum absolute atomic E-state index is 14.6. The molecule has 0 aliphatic rings. The van der Waals surface area contributed by atoms with Crippen LogP contribution in [-0.2, 0) is 14.2 Å². The molecule has 0 saturated carbocycles. The summed E-state index contributed by atoms with van der Waals surface area (Å²) in [5.74, 6) is -11.9. The fourth-order valence-corrected chi connectivity index (χ4v) is 4.48. The molecule has 2 aromatic rings. The average Bonchev–Trinajstić information content (AvgIpc) is 2.86. The van der Waals surface area contributed by atoms with Crippen molar-refractivity contribution < 1.29 is 36.2 Å². The Morgan fingerprint density at radius 1 is 0.667 bits per heavy atom. The van der Waals surface area contributed by atoms with Crippen molar-refractivity contribution in [3.05, 3.63) is 58.9 Å². The van der Waals surface area contributed by atoms with Gasteiger partial charge in [0, 0.05) is 19.8 Å². The van der Waals surface area contributed by atoms with Crippen LogP contribution in [0, 0.1) is 29.1 Å². The fourth-order valence-electron chi connectivity index (χ4n) is 4.48. The van der Waals surface area contributed by atoms with Gasteiger partial charge in [0.1, 0.15) is 0 Å². The van der Waals surface area contributed by atoms with Gasteiger partial charge in [-0.15, -0.1) is 0 Å². The Kier molecular flexibility index (Phi) is 12.3. The minimum atomic E-state index is -2.19. The first-order valence-corrected chi connectivity index (χ1v) is 12.8. The van der Waals surface area contributed by atoms with Gasteiger partial charge in [0.15, 0.2) is 23.3 Å². The maximum Gasteiger partial charge on any atom is 0.290 e. The summed E-state index contributed by atoms with van der Waals surface area (Å²) in [5, 5.41) is 0. The number of halogens is 5. The summed E-state index contributed by atoms with van der Waals surface area (Å²) in [6.07, 6.45) is 6.85. The summed E-state index contributed by atoms with van der Waals surface area (Å²) in [6, 6.07) is 5.98. The van der Waals surface area contributed by atoms with Crippen LogP contribution in [0.15, 0.2) is 24.3 Å². The molecular weight excluding hydrogens is 479 g/mol. The molecule has 0 bridgehead atoms. The standard InChI is InChI=1S/C28H37F5O3/c1-5-9-10-11-12-13-17-21(28(34-6-2,35-7-3)36-8-4)19-15-14-16-20(18-19)22-23(29)25(31)27(33)26(32)24(22)30/h14-16,18,21H,5-13,17H2,1-4H3. The zero-order valence-electron chi connectivity index (χ0n) is 21.6. The molecule has 0 aliphatic heterocycles. The van der Waals surface area contributed by atoms with Gasteiger partial charge >= 0.3 is 0 Å². The highest BCUT2D eigenvalue weighted by Gasteiger charge is 2.43. The molecule has 202 valence electrons. The van der Waals surface area contributed by atoms with Gasteiger partial charge in [0.05, 0.1) is 11.5 Å². The van der Waals surface area contributed by atoms with E-state index in [1.54, 1.807) is 26.8 Å². The van der Waals surface area contributed by atoms with Crippen LogP contribution < -0.4 is 0 Å². The van der Waals surface area contributed by atoms with Crippen molar-refractivity contribution in [2.45, 2.75) is 84.5 Å². The lowest BCUT2D eigenvalue weighted by Gasteiger charge is -2.39. The van der Waals surface area contributed by atoms with Crippen LogP contribution in [0.5, 0.6) is 0 Å². The highest BCUT2D eigenvalue weighted by atomic mass is 19.2. The van der Waals surface area contributed by atoms with E-state index in [1.807, 2.05) is 0 Å². The second-order valence-electron chi connectivity index (χ2n) is 8.58. The van der Waals surface area contributed by atoms with E-state index in [1.165, 1.54) is 18.2 Å². The number of rotatable bonds is 16. The summed E-state index contributed by atoms with van der Waals surface area (Å²) in [6.45, 7) is 8.41. The summed E-state index contributed by atoms with van der Waals surface area (Å²) in [4.78, 5) is 0. The molecule has 2 aromatic carbocycles. The number of ether oxygens (including phenoxy) is 3. The molecule has 0 radical (unpaired) electrons. The monoisotopic (exact) mass is 516 g/mol. The van der Waals surface area contributed by atoms with Gasteiger partial charge in [0.2, 0.25) is 5.82 Å². The van der Waals surface area contributed by atoms with Crippen molar-refractivity contribution in [3.8, 4) is 11.1 Å². The van der Waals surface area contributed by atoms with Crippen LogP contribution in [0.3, 0.4) is 0 Å². The lowest BCUT2D eigenvalue weighted by molar-refractivity contribution is -0.389. The molecule has 0 amide bonds. The normalized spacial score (nSPS) is 12.8. The molecular formula is C28H37F5O3. The summed E-state index contributed by atoms with van der Waals surface area (Å²) in [7, 11) is 0. The van der Waals surface area contributed by atoms with Gasteiger partial charge < -0.3 is 14.2 Å². The van der Waals surface area contributed by atoms with Gasteiger partial charge in [-0.05, 0) is 38.3 Å². The number of hydrogen-bond donors (Lipinski definition) is 0.